The van der Waals surface area contributed by atoms with Gasteiger partial charge in [-0.15, -0.1) is 0 Å². The number of nitrogens with one attached hydrogen (secondary N) is 1. The summed E-state index contributed by atoms with van der Waals surface area (Å²) in [6, 6.07) is 1.38. The number of aromatic nitrogens is 1. The van der Waals surface area contributed by atoms with E-state index in [1.54, 1.807) is 20.8 Å². The van der Waals surface area contributed by atoms with Gasteiger partial charge in [-0.3, -0.25) is 4.79 Å². The lowest BCUT2D eigenvalue weighted by Crippen LogP contribution is -2.33. The second-order valence-corrected chi connectivity index (χ2v) is 5.73. The Bertz CT molecular complexity index is 647. The maximum absolute atomic E-state index is 11.9. The molecule has 0 saturated carbocycles. The molecule has 0 saturated heterocycles. The molecule has 1 N–H and O–H groups in total. The molecule has 1 amide bonds. The number of esters is 2. The Morgan fingerprint density at radius 1 is 1.19 bits per heavy atom. The Morgan fingerprint density at radius 3 is 2.56 bits per heavy atom. The molecule has 0 spiro atoms. The third-order valence-electron chi connectivity index (χ3n) is 3.02. The van der Waals surface area contributed by atoms with Crippen molar-refractivity contribution in [2.75, 3.05) is 19.8 Å². The van der Waals surface area contributed by atoms with E-state index >= 15 is 0 Å². The zero-order valence-electron chi connectivity index (χ0n) is 16.1. The number of ether oxygens (including phenoxy) is 4. The molecule has 0 aliphatic heterocycles. The summed E-state index contributed by atoms with van der Waals surface area (Å²) in [5.74, 6) is -1.15. The highest BCUT2D eigenvalue weighted by atomic mass is 16.6. The van der Waals surface area contributed by atoms with Gasteiger partial charge in [0, 0.05) is 12.3 Å². The third-order valence-corrected chi connectivity index (χ3v) is 3.02. The van der Waals surface area contributed by atoms with Gasteiger partial charge >= 0.3 is 18.0 Å². The Labute approximate surface area is 158 Å². The minimum atomic E-state index is -0.896. The molecule has 0 fully saturated rings. The fraction of sp³-hybridized carbons (Fsp3) is 0.556. The summed E-state index contributed by atoms with van der Waals surface area (Å²) < 4.78 is 20.4. The molecular weight excluding hydrogens is 356 g/mol. The Morgan fingerprint density at radius 2 is 1.93 bits per heavy atom. The van der Waals surface area contributed by atoms with E-state index in [-0.39, 0.29) is 36.4 Å². The van der Waals surface area contributed by atoms with Gasteiger partial charge < -0.3 is 24.3 Å². The second-order valence-electron chi connectivity index (χ2n) is 5.73. The summed E-state index contributed by atoms with van der Waals surface area (Å²) in [5, 5.41) is 2.27. The molecule has 1 aromatic heterocycles. The number of carbonyl (C=O) groups excluding carboxylic acids is 3. The van der Waals surface area contributed by atoms with Gasteiger partial charge in [-0.1, -0.05) is 13.3 Å². The van der Waals surface area contributed by atoms with Crippen LogP contribution in [-0.4, -0.2) is 48.9 Å². The fourth-order valence-electron chi connectivity index (χ4n) is 1.82. The average molecular weight is 382 g/mol. The zero-order valence-corrected chi connectivity index (χ0v) is 16.1. The molecule has 0 bridgehead atoms. The summed E-state index contributed by atoms with van der Waals surface area (Å²) >= 11 is 0. The van der Waals surface area contributed by atoms with Crippen molar-refractivity contribution in [1.82, 2.24) is 10.3 Å². The van der Waals surface area contributed by atoms with Gasteiger partial charge in [-0.2, -0.15) is 0 Å². The largest absolute Gasteiger partial charge is 0.485 e. The van der Waals surface area contributed by atoms with Crippen LogP contribution in [-0.2, 0) is 14.3 Å². The van der Waals surface area contributed by atoms with E-state index in [0.29, 0.717) is 6.61 Å². The smallest absolute Gasteiger partial charge is 0.414 e. The van der Waals surface area contributed by atoms with Crippen LogP contribution in [0.15, 0.2) is 12.3 Å². The van der Waals surface area contributed by atoms with Gasteiger partial charge in [0.2, 0.25) is 0 Å². The van der Waals surface area contributed by atoms with Crippen LogP contribution in [0.4, 0.5) is 4.79 Å². The number of rotatable bonds is 10. The molecule has 0 aromatic carbocycles. The van der Waals surface area contributed by atoms with Crippen molar-refractivity contribution >= 4 is 18.0 Å². The monoisotopic (exact) mass is 382 g/mol. The van der Waals surface area contributed by atoms with Crippen molar-refractivity contribution in [1.29, 1.82) is 0 Å². The van der Waals surface area contributed by atoms with Crippen molar-refractivity contribution in [2.24, 2.45) is 0 Å². The molecule has 9 nitrogen and oxygen atoms in total. The van der Waals surface area contributed by atoms with Gasteiger partial charge in [0.1, 0.15) is 6.54 Å². The predicted molar refractivity (Wildman–Crippen MR) is 95.9 cm³/mol. The number of unbranched alkanes of at least 4 members (excludes halogenated alkanes) is 1. The molecule has 0 aliphatic carbocycles. The number of hydrogen-bond acceptors (Lipinski definition) is 8. The Hall–Kier alpha value is -2.84. The summed E-state index contributed by atoms with van der Waals surface area (Å²) in [6.45, 7) is 7.39. The van der Waals surface area contributed by atoms with Crippen LogP contribution in [0.25, 0.3) is 0 Å². The molecule has 0 aliphatic rings. The lowest BCUT2D eigenvalue weighted by Gasteiger charge is -2.14. The van der Waals surface area contributed by atoms with Crippen molar-refractivity contribution in [3.8, 4) is 11.6 Å². The van der Waals surface area contributed by atoms with Crippen molar-refractivity contribution in [2.45, 2.75) is 46.6 Å². The Kier molecular flexibility index (Phi) is 9.63. The van der Waals surface area contributed by atoms with Crippen molar-refractivity contribution in [3.63, 3.8) is 0 Å². The molecule has 0 unspecified atom stereocenters. The maximum Gasteiger partial charge on any atom is 0.414 e. The first-order valence-electron chi connectivity index (χ1n) is 8.82. The molecular formula is C18H26N2O7. The Balaban J connectivity index is 2.72. The molecule has 0 radical (unpaired) electrons. The molecule has 150 valence electrons. The van der Waals surface area contributed by atoms with Crippen LogP contribution in [0.5, 0.6) is 11.6 Å². The molecule has 1 heterocycles. The van der Waals surface area contributed by atoms with Gasteiger partial charge in [-0.05, 0) is 27.2 Å². The fourth-order valence-corrected chi connectivity index (χ4v) is 1.82. The number of pyridine rings is 1. The van der Waals surface area contributed by atoms with Crippen LogP contribution in [0, 0.1) is 0 Å². The average Bonchev–Trinajstić information content (AvgIpc) is 2.61. The van der Waals surface area contributed by atoms with E-state index in [9.17, 15) is 14.4 Å². The SMILES string of the molecule is CCCCOC(=O)CNC(=O)Oc1ncc(C(=O)OCC)cc1OC(C)C. The maximum atomic E-state index is 11.9. The quantitative estimate of drug-likeness (QED) is 0.485. The van der Waals surface area contributed by atoms with Crippen LogP contribution in [0.3, 0.4) is 0 Å². The van der Waals surface area contributed by atoms with Crippen LogP contribution in [0.1, 0.15) is 50.9 Å². The van der Waals surface area contributed by atoms with Crippen LogP contribution < -0.4 is 14.8 Å². The normalized spacial score (nSPS) is 10.3. The van der Waals surface area contributed by atoms with E-state index in [2.05, 4.69) is 10.3 Å². The van der Waals surface area contributed by atoms with E-state index < -0.39 is 18.0 Å². The summed E-state index contributed by atoms with van der Waals surface area (Å²) in [7, 11) is 0. The summed E-state index contributed by atoms with van der Waals surface area (Å²) in [5.41, 5.74) is 0.166. The number of hydrogen-bond donors (Lipinski definition) is 1. The molecule has 1 rings (SSSR count). The van der Waals surface area contributed by atoms with Crippen molar-refractivity contribution in [3.05, 3.63) is 17.8 Å². The number of amides is 1. The van der Waals surface area contributed by atoms with Crippen LogP contribution >= 0.6 is 0 Å². The van der Waals surface area contributed by atoms with E-state index in [4.69, 9.17) is 18.9 Å². The molecule has 9 heteroatoms. The lowest BCUT2D eigenvalue weighted by atomic mass is 10.2. The second kappa shape index (κ2) is 11.7. The minimum Gasteiger partial charge on any atom is -0.485 e. The van der Waals surface area contributed by atoms with Gasteiger partial charge in [-0.25, -0.2) is 14.6 Å². The van der Waals surface area contributed by atoms with Gasteiger partial charge in [0.15, 0.2) is 5.75 Å². The summed E-state index contributed by atoms with van der Waals surface area (Å²) in [6.07, 6.45) is 1.72. The molecule has 27 heavy (non-hydrogen) atoms. The molecule has 0 atom stereocenters. The van der Waals surface area contributed by atoms with E-state index in [1.165, 1.54) is 12.3 Å². The standard InChI is InChI=1S/C18H26N2O7/c1-5-7-8-25-15(21)11-20-18(23)27-16-14(26-12(3)4)9-13(10-19-16)17(22)24-6-2/h9-10,12H,5-8,11H2,1-4H3,(H,20,23). The topological polar surface area (TPSA) is 113 Å². The van der Waals surface area contributed by atoms with Crippen LogP contribution in [0.2, 0.25) is 0 Å². The highest BCUT2D eigenvalue weighted by molar-refractivity contribution is 5.89. The first-order chi connectivity index (χ1) is 12.9. The van der Waals surface area contributed by atoms with E-state index in [0.717, 1.165) is 12.8 Å². The minimum absolute atomic E-state index is 0.108. The van der Waals surface area contributed by atoms with Gasteiger partial charge in [0.05, 0.1) is 24.9 Å². The first-order valence-corrected chi connectivity index (χ1v) is 8.82. The number of nitrogens with zero attached hydrogens (tertiary/aromatic N) is 1. The zero-order chi connectivity index (χ0) is 20.2. The third kappa shape index (κ3) is 8.39. The predicted octanol–water partition coefficient (Wildman–Crippen LogP) is 2.48. The highest BCUT2D eigenvalue weighted by Crippen LogP contribution is 2.27. The van der Waals surface area contributed by atoms with Gasteiger partial charge in [0.25, 0.3) is 5.88 Å². The first kappa shape index (κ1) is 22.2. The highest BCUT2D eigenvalue weighted by Gasteiger charge is 2.18. The summed E-state index contributed by atoms with van der Waals surface area (Å²) in [4.78, 5) is 39.1. The van der Waals surface area contributed by atoms with Crippen molar-refractivity contribution < 1.29 is 33.3 Å². The molecule has 1 aromatic rings. The number of carbonyl (C=O) groups is 3. The lowest BCUT2D eigenvalue weighted by molar-refractivity contribution is -0.142. The van der Waals surface area contributed by atoms with E-state index in [1.807, 2.05) is 6.92 Å².